The molecule has 9 nitrogen and oxygen atoms in total. The second kappa shape index (κ2) is 9.46. The predicted molar refractivity (Wildman–Crippen MR) is 149 cm³/mol. The Kier molecular flexibility index (Phi) is 5.66. The number of carbonyl (C=O) groups is 1. The van der Waals surface area contributed by atoms with Crippen molar-refractivity contribution < 1.29 is 4.79 Å². The van der Waals surface area contributed by atoms with Crippen LogP contribution in [0.15, 0.2) is 59.8 Å². The van der Waals surface area contributed by atoms with Gasteiger partial charge in [0.25, 0.3) is 0 Å². The molecule has 6 heterocycles. The third-order valence-corrected chi connectivity index (χ3v) is 7.83. The molecule has 1 saturated carbocycles. The maximum absolute atomic E-state index is 12.7. The Morgan fingerprint density at radius 1 is 0.974 bits per heavy atom. The third kappa shape index (κ3) is 4.12. The van der Waals surface area contributed by atoms with Gasteiger partial charge in [-0.25, -0.2) is 4.98 Å². The van der Waals surface area contributed by atoms with E-state index in [1.165, 1.54) is 6.42 Å². The molecular weight excluding hydrogens is 496 g/mol. The summed E-state index contributed by atoms with van der Waals surface area (Å²) in [5.41, 5.74) is 7.31. The molecule has 38 heavy (non-hydrogen) atoms. The fraction of sp³-hybridized carbons (Fsp3) is 0.214. The summed E-state index contributed by atoms with van der Waals surface area (Å²) >= 11 is 1.63. The van der Waals surface area contributed by atoms with Crippen LogP contribution in [0.25, 0.3) is 56.0 Å². The van der Waals surface area contributed by atoms with Gasteiger partial charge in [0.1, 0.15) is 11.2 Å². The van der Waals surface area contributed by atoms with Crippen LogP contribution in [-0.4, -0.2) is 41.0 Å². The van der Waals surface area contributed by atoms with Gasteiger partial charge < -0.3 is 10.3 Å². The predicted octanol–water partition coefficient (Wildman–Crippen LogP) is 6.21. The van der Waals surface area contributed by atoms with Crippen molar-refractivity contribution in [2.45, 2.75) is 32.1 Å². The van der Waals surface area contributed by atoms with Crippen molar-refractivity contribution in [3.8, 4) is 34.0 Å². The molecule has 10 heteroatoms. The Morgan fingerprint density at radius 2 is 1.89 bits per heavy atom. The molecule has 188 valence electrons. The number of pyridine rings is 3. The van der Waals surface area contributed by atoms with E-state index in [1.54, 1.807) is 36.1 Å². The normalized spacial score (nSPS) is 14.3. The van der Waals surface area contributed by atoms with E-state index in [2.05, 4.69) is 40.8 Å². The number of H-pyrrole nitrogens is 2. The highest BCUT2D eigenvalue weighted by Crippen LogP contribution is 2.32. The second-order valence-electron chi connectivity index (χ2n) is 9.63. The molecule has 6 aromatic heterocycles. The SMILES string of the molecule is O=C(Nc1cncc(-c2cc3c(-c4nc5c(-c6ccsc6)nccc5[nH]4)n[nH]c3cn2)c1)C1CCCCC1. The van der Waals surface area contributed by atoms with Crippen molar-refractivity contribution >= 4 is 44.9 Å². The lowest BCUT2D eigenvalue weighted by molar-refractivity contribution is -0.120. The van der Waals surface area contributed by atoms with Crippen LogP contribution >= 0.6 is 11.3 Å². The van der Waals surface area contributed by atoms with Gasteiger partial charge in [-0.3, -0.25) is 24.8 Å². The number of aromatic nitrogens is 7. The lowest BCUT2D eigenvalue weighted by Gasteiger charge is -2.20. The number of amides is 1. The van der Waals surface area contributed by atoms with Gasteiger partial charge in [-0.05, 0) is 42.5 Å². The van der Waals surface area contributed by atoms with Crippen molar-refractivity contribution in [3.05, 3.63) is 59.8 Å². The summed E-state index contributed by atoms with van der Waals surface area (Å²) in [6, 6.07) is 7.86. The number of hydrogen-bond donors (Lipinski definition) is 3. The van der Waals surface area contributed by atoms with Crippen molar-refractivity contribution in [2.75, 3.05) is 5.32 Å². The summed E-state index contributed by atoms with van der Waals surface area (Å²) in [6.07, 6.45) is 12.3. The molecule has 0 radical (unpaired) electrons. The molecule has 0 spiro atoms. The molecule has 1 aliphatic carbocycles. The Hall–Kier alpha value is -4.44. The highest BCUT2D eigenvalue weighted by Gasteiger charge is 2.21. The Labute approximate surface area is 221 Å². The largest absolute Gasteiger partial charge is 0.336 e. The molecule has 0 saturated heterocycles. The summed E-state index contributed by atoms with van der Waals surface area (Å²) in [5, 5.41) is 15.7. The summed E-state index contributed by atoms with van der Waals surface area (Å²) in [4.78, 5) is 34.6. The van der Waals surface area contributed by atoms with E-state index in [4.69, 9.17) is 4.98 Å². The average Bonchev–Trinajstić information content (AvgIpc) is 3.73. The molecule has 0 bridgehead atoms. The van der Waals surface area contributed by atoms with Crippen LogP contribution in [0.4, 0.5) is 5.69 Å². The number of hydrogen-bond acceptors (Lipinski definition) is 7. The molecule has 0 atom stereocenters. The maximum Gasteiger partial charge on any atom is 0.227 e. The van der Waals surface area contributed by atoms with Crippen molar-refractivity contribution in [2.24, 2.45) is 5.92 Å². The molecule has 7 rings (SSSR count). The van der Waals surface area contributed by atoms with Gasteiger partial charge in [-0.2, -0.15) is 16.4 Å². The maximum atomic E-state index is 12.7. The number of anilines is 1. The van der Waals surface area contributed by atoms with Crippen LogP contribution in [0.3, 0.4) is 0 Å². The standard InChI is InChI=1S/C28H24N8OS/c37-28(16-4-2-1-3-5-16)32-19-10-18(12-29-13-19)22-11-20-23(14-31-22)35-36-25(20)27-33-21-6-8-30-24(26(21)34-27)17-7-9-38-15-17/h6-16H,1-5H2,(H,32,37)(H,33,34)(H,35,36). The number of nitrogens with zero attached hydrogens (tertiary/aromatic N) is 5. The monoisotopic (exact) mass is 520 g/mol. The minimum atomic E-state index is 0.0744. The number of carbonyl (C=O) groups excluding carboxylic acids is 1. The molecule has 1 fully saturated rings. The van der Waals surface area contributed by atoms with E-state index < -0.39 is 0 Å². The summed E-state index contributed by atoms with van der Waals surface area (Å²) in [5.74, 6) is 0.805. The van der Waals surface area contributed by atoms with Gasteiger partial charge in [-0.15, -0.1) is 0 Å². The molecule has 0 unspecified atom stereocenters. The first-order chi connectivity index (χ1) is 18.7. The van der Waals surface area contributed by atoms with E-state index in [-0.39, 0.29) is 11.8 Å². The van der Waals surface area contributed by atoms with Crippen molar-refractivity contribution in [3.63, 3.8) is 0 Å². The zero-order valence-electron chi connectivity index (χ0n) is 20.4. The minimum Gasteiger partial charge on any atom is -0.336 e. The minimum absolute atomic E-state index is 0.0744. The van der Waals surface area contributed by atoms with Gasteiger partial charge in [0.2, 0.25) is 5.91 Å². The molecule has 3 N–H and O–H groups in total. The Bertz CT molecular complexity index is 1760. The van der Waals surface area contributed by atoms with E-state index in [0.717, 1.165) is 70.1 Å². The quantitative estimate of drug-likeness (QED) is 0.248. The van der Waals surface area contributed by atoms with Crippen molar-refractivity contribution in [1.82, 2.24) is 35.1 Å². The molecule has 6 aromatic rings. The molecule has 0 aromatic carbocycles. The molecule has 1 aliphatic rings. The van der Waals surface area contributed by atoms with Crippen LogP contribution in [0.1, 0.15) is 32.1 Å². The zero-order valence-corrected chi connectivity index (χ0v) is 21.3. The lowest BCUT2D eigenvalue weighted by Crippen LogP contribution is -2.24. The van der Waals surface area contributed by atoms with E-state index in [1.807, 2.05) is 29.6 Å². The van der Waals surface area contributed by atoms with Crippen LogP contribution in [0.2, 0.25) is 0 Å². The topological polar surface area (TPSA) is 125 Å². The summed E-state index contributed by atoms with van der Waals surface area (Å²) in [6.45, 7) is 0. The first-order valence-corrected chi connectivity index (χ1v) is 13.7. The van der Waals surface area contributed by atoms with Gasteiger partial charge in [0, 0.05) is 40.2 Å². The first-order valence-electron chi connectivity index (χ1n) is 12.7. The van der Waals surface area contributed by atoms with Crippen LogP contribution in [0, 0.1) is 5.92 Å². The fourth-order valence-corrected chi connectivity index (χ4v) is 5.81. The van der Waals surface area contributed by atoms with Crippen LogP contribution < -0.4 is 5.32 Å². The van der Waals surface area contributed by atoms with Gasteiger partial charge in [-0.1, -0.05) is 19.3 Å². The van der Waals surface area contributed by atoms with E-state index in [0.29, 0.717) is 17.2 Å². The number of fused-ring (bicyclic) bond motifs is 2. The number of thiophene rings is 1. The lowest BCUT2D eigenvalue weighted by atomic mass is 9.88. The number of rotatable bonds is 5. The second-order valence-corrected chi connectivity index (χ2v) is 10.4. The molecule has 1 amide bonds. The van der Waals surface area contributed by atoms with Crippen LogP contribution in [-0.2, 0) is 4.79 Å². The molecule has 0 aliphatic heterocycles. The van der Waals surface area contributed by atoms with Gasteiger partial charge in [0.05, 0.1) is 40.5 Å². The fourth-order valence-electron chi connectivity index (χ4n) is 5.17. The Balaban J connectivity index is 1.23. The van der Waals surface area contributed by atoms with Crippen LogP contribution in [0.5, 0.6) is 0 Å². The van der Waals surface area contributed by atoms with E-state index in [9.17, 15) is 4.79 Å². The highest BCUT2D eigenvalue weighted by molar-refractivity contribution is 7.08. The van der Waals surface area contributed by atoms with E-state index >= 15 is 0 Å². The average molecular weight is 521 g/mol. The summed E-state index contributed by atoms with van der Waals surface area (Å²) in [7, 11) is 0. The third-order valence-electron chi connectivity index (χ3n) is 7.14. The van der Waals surface area contributed by atoms with Gasteiger partial charge >= 0.3 is 0 Å². The first kappa shape index (κ1) is 22.7. The van der Waals surface area contributed by atoms with Gasteiger partial charge in [0.15, 0.2) is 5.82 Å². The van der Waals surface area contributed by atoms with Crippen molar-refractivity contribution in [1.29, 1.82) is 0 Å². The highest BCUT2D eigenvalue weighted by atomic mass is 32.1. The molecular formula is C28H24N8OS. The number of imidazole rings is 1. The summed E-state index contributed by atoms with van der Waals surface area (Å²) < 4.78 is 0. The zero-order chi connectivity index (χ0) is 25.5. The Morgan fingerprint density at radius 3 is 2.76 bits per heavy atom. The number of nitrogens with one attached hydrogen (secondary N) is 3. The number of aromatic amines is 2. The smallest absolute Gasteiger partial charge is 0.227 e.